The van der Waals surface area contributed by atoms with Gasteiger partial charge < -0.3 is 55.0 Å². The van der Waals surface area contributed by atoms with E-state index < -0.39 is 208 Å². The van der Waals surface area contributed by atoms with Crippen LogP contribution in [-0.2, 0) is 109 Å². The molecule has 1 aromatic carbocycles. The van der Waals surface area contributed by atoms with Gasteiger partial charge in [0.2, 0.25) is 41.4 Å². The summed E-state index contributed by atoms with van der Waals surface area (Å²) in [5, 5.41) is 13.2. The fourth-order valence-electron chi connectivity index (χ4n) is 9.27. The quantitative estimate of drug-likeness (QED) is 0.00561. The zero-order chi connectivity index (χ0) is 73.9. The van der Waals surface area contributed by atoms with Gasteiger partial charge in [-0.05, 0) is 51.8 Å². The van der Waals surface area contributed by atoms with Gasteiger partial charge in [-0.2, -0.15) is 52.6 Å². The summed E-state index contributed by atoms with van der Waals surface area (Å²) in [7, 11) is -13.7. The number of methoxy groups -OCH3 is 1. The lowest BCUT2D eigenvalue weighted by Crippen LogP contribution is -2.62. The number of benzene rings is 1. The van der Waals surface area contributed by atoms with E-state index in [1.807, 2.05) is 18.6 Å². The summed E-state index contributed by atoms with van der Waals surface area (Å²) in [4.78, 5) is 142. The molecule has 0 bridgehead atoms. The SMILES string of the molecule is CCCC(CCC)NN1CC(CC(C(=O)NCC(CNC(C)=O)OC(=O)NS(=O)(=O)NCCOOSO)C(=O)NCC(CNC(=O)C(CC2CN(S(=O)(=O)NCCOC)C2=O)C(=O)NCC(CCC)OC(=O)NS(=O)(=O)NCc2ccccc2)OC(=O)NS(=O)(=O)NCCN(C)C)C1=O. The van der Waals surface area contributed by atoms with E-state index in [9.17, 15) is 81.6 Å². The van der Waals surface area contributed by atoms with E-state index >= 15 is 0 Å². The van der Waals surface area contributed by atoms with E-state index in [2.05, 4.69) is 55.4 Å². The van der Waals surface area contributed by atoms with Crippen molar-refractivity contribution in [1.29, 1.82) is 0 Å². The summed E-state index contributed by atoms with van der Waals surface area (Å²) in [6.07, 6.45) is -7.45. The van der Waals surface area contributed by atoms with Crippen molar-refractivity contribution in [2.24, 2.45) is 23.7 Å². The van der Waals surface area contributed by atoms with Crippen LogP contribution in [0.4, 0.5) is 14.4 Å². The molecule has 0 aliphatic carbocycles. The smallest absolute Gasteiger partial charge is 0.422 e. The first kappa shape index (κ1) is 86.3. The molecule has 2 aliphatic heterocycles. The number of hydrazine groups is 1. The highest BCUT2D eigenvalue weighted by Crippen LogP contribution is 2.28. The lowest BCUT2D eigenvalue weighted by atomic mass is 9.87. The Labute approximate surface area is 579 Å². The monoisotopic (exact) mass is 1510 g/mol. The predicted molar refractivity (Wildman–Crippen MR) is 350 cm³/mol. The maximum absolute atomic E-state index is 14.5. The lowest BCUT2D eigenvalue weighted by molar-refractivity contribution is -0.192. The Bertz CT molecular complexity index is 3290. The number of β-lactam (4-membered cyclic amide) rings is 2. The molecule has 2 fully saturated rings. The molecule has 2 aliphatic rings. The first-order valence-electron chi connectivity index (χ1n) is 31.1. The second-order valence-electron chi connectivity index (χ2n) is 22.6. The Morgan fingerprint density at radius 1 is 0.586 bits per heavy atom. The van der Waals surface area contributed by atoms with Crippen LogP contribution in [0.25, 0.3) is 0 Å². The van der Waals surface area contributed by atoms with Crippen molar-refractivity contribution in [3.63, 3.8) is 0 Å². The molecule has 0 spiro atoms. The first-order valence-corrected chi connectivity index (χ1v) is 37.7. The summed E-state index contributed by atoms with van der Waals surface area (Å²) >= 11 is -0.167. The Kier molecular flexibility index (Phi) is 38.1. The molecule has 0 saturated carbocycles. The van der Waals surface area contributed by atoms with Gasteiger partial charge in [0.15, 0.2) is 12.3 Å². The second kappa shape index (κ2) is 43.7. The van der Waals surface area contributed by atoms with Gasteiger partial charge in [-0.15, -0.1) is 4.33 Å². The zero-order valence-electron chi connectivity index (χ0n) is 55.7. The molecule has 0 aromatic heterocycles. The van der Waals surface area contributed by atoms with Crippen molar-refractivity contribution < 1.29 is 114 Å². The number of carbonyl (C=O) groups excluding carboxylic acids is 10. The Morgan fingerprint density at radius 2 is 1.03 bits per heavy atom. The normalized spacial score (nSPS) is 16.4. The van der Waals surface area contributed by atoms with Crippen molar-refractivity contribution in [2.75, 3.05) is 106 Å². The van der Waals surface area contributed by atoms with Crippen LogP contribution in [0.3, 0.4) is 0 Å². The van der Waals surface area contributed by atoms with Crippen LogP contribution in [0.2, 0.25) is 0 Å². The van der Waals surface area contributed by atoms with Crippen molar-refractivity contribution in [1.82, 2.24) is 79.3 Å². The number of hydrogen-bond donors (Lipinski definition) is 14. The maximum atomic E-state index is 14.5. The van der Waals surface area contributed by atoms with Gasteiger partial charge in [0.25, 0.3) is 0 Å². The molecule has 10 amide bonds. The third-order valence-electron chi connectivity index (χ3n) is 14.2. The molecule has 564 valence electrons. The van der Waals surface area contributed by atoms with E-state index in [0.29, 0.717) is 29.1 Å². The van der Waals surface area contributed by atoms with Crippen LogP contribution in [0, 0.1) is 23.7 Å². The minimum Gasteiger partial charge on any atom is -0.444 e. The molecule has 7 unspecified atom stereocenters. The van der Waals surface area contributed by atoms with Crippen molar-refractivity contribution >= 4 is 113 Å². The molecule has 46 heteroatoms. The Morgan fingerprint density at radius 3 is 1.47 bits per heavy atom. The van der Waals surface area contributed by atoms with Gasteiger partial charge in [-0.1, -0.05) is 70.4 Å². The topological polar surface area (TPSA) is 549 Å². The number of nitrogens with one attached hydrogen (secondary N) is 13. The number of ether oxygens (including phenoxy) is 4. The number of carbonyl (C=O) groups is 10. The Balaban J connectivity index is 2.00. The van der Waals surface area contributed by atoms with Crippen molar-refractivity contribution in [3.8, 4) is 0 Å². The van der Waals surface area contributed by atoms with Crippen molar-refractivity contribution in [2.45, 2.75) is 110 Å². The van der Waals surface area contributed by atoms with Crippen LogP contribution < -0.4 is 65.1 Å². The number of rotatable bonds is 50. The number of hydrogen-bond acceptors (Lipinski definition) is 28. The van der Waals surface area contributed by atoms with Crippen LogP contribution in [0.1, 0.15) is 84.6 Å². The molecule has 99 heavy (non-hydrogen) atoms. The summed E-state index contributed by atoms with van der Waals surface area (Å²) in [5.74, 6) is -13.2. The highest BCUT2D eigenvalue weighted by atomic mass is 32.2. The number of amides is 10. The second-order valence-corrected chi connectivity index (χ2v) is 29.0. The van der Waals surface area contributed by atoms with Gasteiger partial charge in [0.1, 0.15) is 30.1 Å². The van der Waals surface area contributed by atoms with E-state index in [-0.39, 0.29) is 64.1 Å². The van der Waals surface area contributed by atoms with Crippen LogP contribution in [0.5, 0.6) is 0 Å². The third kappa shape index (κ3) is 33.4. The van der Waals surface area contributed by atoms with Gasteiger partial charge in [-0.25, -0.2) is 43.2 Å². The standard InChI is InChI=1S/C53H92N16O25S5/c1-8-14-39(15-9-2)63-68-33-37(49(68)75)25-43(46(72)56-30-41(29-54-35(4)70)92-53(79)65-97(83,84)60-21-24-90-94-95-80)47(73)57-31-42(93-52(78)64-96(81,82)59-19-22-67(5)6)32-58-48(74)44(26-38-34-69(50(38)76)99(87,88)61-20-23-89-7)45(71)55-28-40(16-10-3)91-51(77)66-98(85,86)62-27-36-17-12-11-13-18-36/h11-13,17-18,37-44,59-63,80H,8-10,14-16,19-34H2,1-7H3,(H,54,70)(H,55,71)(H,56,72)(H,57,73)(H,58,74)(H,64,78)(H,65,79)(H,66,77). The largest absolute Gasteiger partial charge is 0.444 e. The van der Waals surface area contributed by atoms with E-state index in [4.69, 9.17) is 23.5 Å². The third-order valence-corrected chi connectivity index (χ3v) is 18.8. The summed E-state index contributed by atoms with van der Waals surface area (Å²) in [6.45, 7) is 0.910. The summed E-state index contributed by atoms with van der Waals surface area (Å²) in [5.41, 5.74) is 3.71. The summed E-state index contributed by atoms with van der Waals surface area (Å²) < 4.78 is 150. The maximum Gasteiger partial charge on any atom is 0.422 e. The highest BCUT2D eigenvalue weighted by Gasteiger charge is 2.47. The van der Waals surface area contributed by atoms with Crippen molar-refractivity contribution in [3.05, 3.63) is 35.9 Å². The van der Waals surface area contributed by atoms with Crippen LogP contribution >= 0.6 is 12.3 Å². The molecule has 41 nitrogen and oxygen atoms in total. The van der Waals surface area contributed by atoms with Gasteiger partial charge in [0, 0.05) is 65.9 Å². The fraction of sp³-hybridized carbons (Fsp3) is 0.698. The lowest BCUT2D eigenvalue weighted by Gasteiger charge is -2.41. The zero-order valence-corrected chi connectivity index (χ0v) is 59.8. The van der Waals surface area contributed by atoms with E-state index in [0.717, 1.165) is 19.8 Å². The number of likely N-dealkylation sites (N-methyl/N-ethyl adjacent to an activating group) is 1. The molecule has 14 N–H and O–H groups in total. The summed E-state index contributed by atoms with van der Waals surface area (Å²) in [6, 6.07) is 8.17. The first-order chi connectivity index (χ1) is 46.7. The molecular weight excluding hydrogens is 1420 g/mol. The molecule has 1 aromatic rings. The van der Waals surface area contributed by atoms with Gasteiger partial charge in [0.05, 0.1) is 57.8 Å². The minimum atomic E-state index is -4.69. The molecular formula is C53H92N16O25S5. The van der Waals surface area contributed by atoms with E-state index in [1.165, 1.54) is 12.1 Å². The van der Waals surface area contributed by atoms with Gasteiger partial charge >= 0.3 is 59.1 Å². The number of nitrogens with zero attached hydrogens (tertiary/aromatic N) is 3. The van der Waals surface area contributed by atoms with E-state index in [1.54, 1.807) is 70.4 Å². The predicted octanol–water partition coefficient (Wildman–Crippen LogP) is -4.11. The molecule has 2 saturated heterocycles. The molecule has 3 rings (SSSR count). The fourth-order valence-corrected chi connectivity index (χ4v) is 12.7. The van der Waals surface area contributed by atoms with Crippen LogP contribution in [0.15, 0.2) is 30.3 Å². The minimum absolute atomic E-state index is 0.00837. The Hall–Kier alpha value is -6.93. The van der Waals surface area contributed by atoms with Crippen LogP contribution in [-0.4, -0.2) is 243 Å². The average molecular weight is 1510 g/mol. The highest BCUT2D eigenvalue weighted by molar-refractivity contribution is 7.89. The average Bonchev–Trinajstić information content (AvgIpc) is 0.777. The molecule has 2 heterocycles. The molecule has 7 atom stereocenters. The van der Waals surface area contributed by atoms with Gasteiger partial charge in [-0.3, -0.25) is 38.6 Å². The molecule has 0 radical (unpaired) electrons.